The molecule has 2 aliphatic heterocycles. The smallest absolute Gasteiger partial charge is 0.395 e. The quantitative estimate of drug-likeness (QED) is 0.563. The van der Waals surface area contributed by atoms with Gasteiger partial charge in [-0.1, -0.05) is 6.07 Å². The van der Waals surface area contributed by atoms with Crippen molar-refractivity contribution in [3.63, 3.8) is 0 Å². The van der Waals surface area contributed by atoms with E-state index in [1.807, 2.05) is 4.90 Å². The lowest BCUT2D eigenvalue weighted by molar-refractivity contribution is -0.147. The number of anilines is 1. The van der Waals surface area contributed by atoms with Crippen LogP contribution >= 0.6 is 0 Å². The number of piperidine rings is 2. The van der Waals surface area contributed by atoms with Crippen molar-refractivity contribution in [2.24, 2.45) is 5.92 Å². The average Bonchev–Trinajstić information content (AvgIpc) is 2.66. The number of aliphatic hydroxyl groups excluding tert-OH is 4. The Labute approximate surface area is 161 Å². The molecule has 2 saturated heterocycles. The molecule has 2 aliphatic rings. The van der Waals surface area contributed by atoms with E-state index in [0.29, 0.717) is 19.6 Å². The third-order valence-corrected chi connectivity index (χ3v) is 5.58. The molecule has 0 unspecified atom stereocenters. The van der Waals surface area contributed by atoms with Crippen molar-refractivity contribution in [1.82, 2.24) is 9.88 Å². The molecule has 0 spiro atoms. The molecule has 3 heterocycles. The van der Waals surface area contributed by atoms with E-state index in [-0.39, 0.29) is 24.9 Å². The molecular formula is C18H26F3N3O4. The van der Waals surface area contributed by atoms with Crippen LogP contribution in [0.3, 0.4) is 0 Å². The number of halogens is 3. The summed E-state index contributed by atoms with van der Waals surface area (Å²) in [6, 6.07) is 3.15. The van der Waals surface area contributed by atoms with Gasteiger partial charge in [-0.2, -0.15) is 13.2 Å². The summed E-state index contributed by atoms with van der Waals surface area (Å²) in [7, 11) is 0. The van der Waals surface area contributed by atoms with Crippen LogP contribution in [-0.4, -0.2) is 87.4 Å². The topological polar surface area (TPSA) is 100 Å². The van der Waals surface area contributed by atoms with Gasteiger partial charge < -0.3 is 25.3 Å². The second-order valence-electron chi connectivity index (χ2n) is 7.59. The van der Waals surface area contributed by atoms with Crippen LogP contribution in [0, 0.1) is 5.92 Å². The minimum Gasteiger partial charge on any atom is -0.395 e. The number of aromatic nitrogens is 1. The van der Waals surface area contributed by atoms with Crippen molar-refractivity contribution in [3.8, 4) is 0 Å². The molecule has 2 fully saturated rings. The van der Waals surface area contributed by atoms with Crippen molar-refractivity contribution in [1.29, 1.82) is 0 Å². The van der Waals surface area contributed by atoms with Gasteiger partial charge in [0.15, 0.2) is 0 Å². The van der Waals surface area contributed by atoms with Gasteiger partial charge in [-0.25, -0.2) is 4.98 Å². The first kappa shape index (κ1) is 21.3. The van der Waals surface area contributed by atoms with Crippen LogP contribution in [0.25, 0.3) is 0 Å². The Morgan fingerprint density at radius 1 is 1.11 bits per heavy atom. The number of hydrogen-bond acceptors (Lipinski definition) is 7. The summed E-state index contributed by atoms with van der Waals surface area (Å²) in [4.78, 5) is 7.30. The van der Waals surface area contributed by atoms with Crippen molar-refractivity contribution >= 4 is 5.82 Å². The van der Waals surface area contributed by atoms with Gasteiger partial charge in [-0.05, 0) is 30.9 Å². The molecule has 3 rings (SSSR count). The zero-order chi connectivity index (χ0) is 20.5. The van der Waals surface area contributed by atoms with Gasteiger partial charge in [-0.15, -0.1) is 0 Å². The third kappa shape index (κ3) is 4.57. The Hall–Kier alpha value is -1.46. The Morgan fingerprint density at radius 2 is 1.86 bits per heavy atom. The number of β-amino-alcohol motifs (C(OH)–C–C–N with tert-alkyl or cyclic N) is 1. The Kier molecular flexibility index (Phi) is 6.45. The fourth-order valence-corrected chi connectivity index (χ4v) is 4.10. The highest BCUT2D eigenvalue weighted by molar-refractivity contribution is 5.40. The van der Waals surface area contributed by atoms with E-state index in [4.69, 9.17) is 0 Å². The molecule has 0 radical (unpaired) electrons. The van der Waals surface area contributed by atoms with Crippen LogP contribution in [0.5, 0.6) is 0 Å². The average molecular weight is 405 g/mol. The van der Waals surface area contributed by atoms with Crippen LogP contribution in [0.15, 0.2) is 18.2 Å². The lowest BCUT2D eigenvalue weighted by atomic mass is 9.91. The molecule has 0 amide bonds. The molecule has 28 heavy (non-hydrogen) atoms. The van der Waals surface area contributed by atoms with Crippen LogP contribution in [0.1, 0.15) is 18.5 Å². The van der Waals surface area contributed by atoms with E-state index in [0.717, 1.165) is 18.9 Å². The lowest BCUT2D eigenvalue weighted by Crippen LogP contribution is -2.63. The van der Waals surface area contributed by atoms with Gasteiger partial charge in [-0.3, -0.25) is 4.90 Å². The molecule has 0 saturated carbocycles. The first-order valence-corrected chi connectivity index (χ1v) is 9.39. The molecule has 1 aromatic rings. The SMILES string of the molecule is OC[C@@H]1[C@@H](O)[C@H](O)[C@@H](O)CN1C[C@H]1CCCN(c2cccc(C(F)(F)F)n2)C1. The summed E-state index contributed by atoms with van der Waals surface area (Å²) in [5.41, 5.74) is -0.927. The van der Waals surface area contributed by atoms with Gasteiger partial charge in [0, 0.05) is 26.2 Å². The molecular weight excluding hydrogens is 379 g/mol. The number of hydrogen-bond donors (Lipinski definition) is 4. The van der Waals surface area contributed by atoms with E-state index in [1.165, 1.54) is 6.07 Å². The lowest BCUT2D eigenvalue weighted by Gasteiger charge is -2.45. The summed E-state index contributed by atoms with van der Waals surface area (Å²) in [6.07, 6.45) is -6.60. The molecule has 10 heteroatoms. The molecule has 4 N–H and O–H groups in total. The predicted octanol–water partition coefficient (Wildman–Crippen LogP) is 0.0760. The second-order valence-corrected chi connectivity index (χ2v) is 7.59. The third-order valence-electron chi connectivity index (χ3n) is 5.58. The van der Waals surface area contributed by atoms with E-state index in [9.17, 15) is 33.6 Å². The van der Waals surface area contributed by atoms with E-state index >= 15 is 0 Å². The van der Waals surface area contributed by atoms with Crippen LogP contribution in [0.4, 0.5) is 19.0 Å². The Morgan fingerprint density at radius 3 is 2.54 bits per heavy atom. The normalized spacial score (nSPS) is 32.5. The molecule has 0 bridgehead atoms. The number of rotatable bonds is 4. The molecule has 7 nitrogen and oxygen atoms in total. The number of aliphatic hydroxyl groups is 4. The fourth-order valence-electron chi connectivity index (χ4n) is 4.10. The monoisotopic (exact) mass is 405 g/mol. The highest BCUT2D eigenvalue weighted by Crippen LogP contribution is 2.30. The first-order chi connectivity index (χ1) is 13.2. The maximum absolute atomic E-state index is 12.9. The van der Waals surface area contributed by atoms with Gasteiger partial charge in [0.05, 0.1) is 18.8 Å². The predicted molar refractivity (Wildman–Crippen MR) is 94.6 cm³/mol. The minimum atomic E-state index is -4.50. The molecule has 158 valence electrons. The van der Waals surface area contributed by atoms with Crippen molar-refractivity contribution in [2.45, 2.75) is 43.4 Å². The molecule has 5 atom stereocenters. The van der Waals surface area contributed by atoms with Crippen LogP contribution < -0.4 is 4.90 Å². The zero-order valence-corrected chi connectivity index (χ0v) is 15.3. The number of likely N-dealkylation sites (tertiary alicyclic amines) is 1. The maximum atomic E-state index is 12.9. The summed E-state index contributed by atoms with van der Waals surface area (Å²) in [6.45, 7) is 1.27. The highest BCUT2D eigenvalue weighted by atomic mass is 19.4. The van der Waals surface area contributed by atoms with Crippen molar-refractivity contribution < 1.29 is 33.6 Å². The van der Waals surface area contributed by atoms with Gasteiger partial charge >= 0.3 is 6.18 Å². The summed E-state index contributed by atoms with van der Waals surface area (Å²) in [5.74, 6) is 0.334. The van der Waals surface area contributed by atoms with E-state index in [1.54, 1.807) is 11.0 Å². The fraction of sp³-hybridized carbons (Fsp3) is 0.722. The standard InChI is InChI=1S/C18H26F3N3O4/c19-18(20,21)14-4-1-5-15(22-14)23-6-2-3-11(7-23)8-24-9-13(26)17(28)16(27)12(24)10-25/h1,4-5,11-13,16-17,25-28H,2-3,6-10H2/t11-,12+,13-,16+,17+/m0/s1. The Bertz CT molecular complexity index is 663. The largest absolute Gasteiger partial charge is 0.433 e. The zero-order valence-electron chi connectivity index (χ0n) is 15.3. The van der Waals surface area contributed by atoms with Crippen LogP contribution in [-0.2, 0) is 6.18 Å². The number of pyridine rings is 1. The Balaban J connectivity index is 1.68. The molecule has 0 aromatic carbocycles. The van der Waals surface area contributed by atoms with Gasteiger partial charge in [0.2, 0.25) is 0 Å². The maximum Gasteiger partial charge on any atom is 0.433 e. The number of nitrogens with zero attached hydrogens (tertiary/aromatic N) is 3. The van der Waals surface area contributed by atoms with Crippen LogP contribution in [0.2, 0.25) is 0 Å². The molecule has 0 aliphatic carbocycles. The van der Waals surface area contributed by atoms with E-state index in [2.05, 4.69) is 4.98 Å². The number of alkyl halides is 3. The van der Waals surface area contributed by atoms with Gasteiger partial charge in [0.1, 0.15) is 23.7 Å². The van der Waals surface area contributed by atoms with Crippen molar-refractivity contribution in [2.75, 3.05) is 37.7 Å². The summed E-state index contributed by atoms with van der Waals surface area (Å²) in [5, 5.41) is 39.4. The van der Waals surface area contributed by atoms with Crippen molar-refractivity contribution in [3.05, 3.63) is 23.9 Å². The highest BCUT2D eigenvalue weighted by Gasteiger charge is 2.42. The van der Waals surface area contributed by atoms with Gasteiger partial charge in [0.25, 0.3) is 0 Å². The van der Waals surface area contributed by atoms with E-state index < -0.39 is 36.2 Å². The molecule has 1 aromatic heterocycles. The first-order valence-electron chi connectivity index (χ1n) is 9.39. The minimum absolute atomic E-state index is 0.0637. The second kappa shape index (κ2) is 8.50. The summed E-state index contributed by atoms with van der Waals surface area (Å²) >= 11 is 0. The summed E-state index contributed by atoms with van der Waals surface area (Å²) < 4.78 is 38.8.